The number of aliphatic hydroxyl groups is 1. The second-order valence-corrected chi connectivity index (χ2v) is 8.84. The zero-order valence-electron chi connectivity index (χ0n) is 16.7. The molecule has 2 fully saturated rings. The number of hydrogen-bond acceptors (Lipinski definition) is 3. The van der Waals surface area contributed by atoms with Crippen LogP contribution in [0.2, 0.25) is 0 Å². The van der Waals surface area contributed by atoms with Gasteiger partial charge >= 0.3 is 7.12 Å². The first-order chi connectivity index (χ1) is 12.3. The molecule has 1 saturated heterocycles. The fraction of sp³-hybridized carbons (Fsp3) is 0.636. The van der Waals surface area contributed by atoms with Crippen LogP contribution in [0.15, 0.2) is 42.4 Å². The molecule has 0 spiro atoms. The van der Waals surface area contributed by atoms with E-state index in [0.29, 0.717) is 5.92 Å². The van der Waals surface area contributed by atoms with Crippen LogP contribution in [0.1, 0.15) is 71.5 Å². The summed E-state index contributed by atoms with van der Waals surface area (Å²) in [5, 5.41) is 11.1. The van der Waals surface area contributed by atoms with Gasteiger partial charge in [-0.25, -0.2) is 0 Å². The third-order valence-corrected chi connectivity index (χ3v) is 6.46. The number of rotatable bonds is 5. The lowest BCUT2D eigenvalue weighted by Gasteiger charge is -2.32. The minimum atomic E-state index is -0.488. The number of benzene rings is 1. The molecule has 0 bridgehead atoms. The van der Waals surface area contributed by atoms with Crippen molar-refractivity contribution in [3.8, 4) is 0 Å². The third-order valence-electron chi connectivity index (χ3n) is 6.46. The number of aliphatic hydroxyl groups excluding tert-OH is 1. The lowest BCUT2D eigenvalue weighted by molar-refractivity contribution is 0.00578. The first-order valence-electron chi connectivity index (χ1n) is 10.1. The van der Waals surface area contributed by atoms with E-state index in [4.69, 9.17) is 9.31 Å². The molecule has 26 heavy (non-hydrogen) atoms. The molecule has 1 aromatic carbocycles. The van der Waals surface area contributed by atoms with Crippen molar-refractivity contribution >= 4 is 7.12 Å². The monoisotopic (exact) mass is 356 g/mol. The molecule has 0 aromatic heterocycles. The quantitative estimate of drug-likeness (QED) is 0.746. The molecule has 0 unspecified atom stereocenters. The van der Waals surface area contributed by atoms with Crippen molar-refractivity contribution in [2.24, 2.45) is 11.8 Å². The minimum Gasteiger partial charge on any atom is -0.400 e. The van der Waals surface area contributed by atoms with Crippen LogP contribution in [0.3, 0.4) is 0 Å². The van der Waals surface area contributed by atoms with Crippen LogP contribution in [-0.4, -0.2) is 23.4 Å². The van der Waals surface area contributed by atoms with Crippen LogP contribution in [0.25, 0.3) is 0 Å². The van der Waals surface area contributed by atoms with E-state index in [1.807, 2.05) is 36.3 Å². The summed E-state index contributed by atoms with van der Waals surface area (Å²) in [6.45, 7) is 8.27. The first-order valence-corrected chi connectivity index (χ1v) is 10.1. The highest BCUT2D eigenvalue weighted by molar-refractivity contribution is 6.51. The van der Waals surface area contributed by atoms with Crippen molar-refractivity contribution in [3.63, 3.8) is 0 Å². The highest BCUT2D eigenvalue weighted by atomic mass is 16.7. The Morgan fingerprint density at radius 1 is 1.00 bits per heavy atom. The predicted octanol–water partition coefficient (Wildman–Crippen LogP) is 5.10. The van der Waals surface area contributed by atoms with Gasteiger partial charge in [-0.1, -0.05) is 61.6 Å². The molecule has 3 nitrogen and oxygen atoms in total. The van der Waals surface area contributed by atoms with Gasteiger partial charge in [0.25, 0.3) is 0 Å². The summed E-state index contributed by atoms with van der Waals surface area (Å²) in [5.41, 5.74) is 0.322. The maximum absolute atomic E-state index is 11.1. The molecule has 1 aliphatic heterocycles. The van der Waals surface area contributed by atoms with E-state index in [0.717, 1.165) is 5.56 Å². The second kappa shape index (κ2) is 7.88. The van der Waals surface area contributed by atoms with Crippen molar-refractivity contribution in [1.82, 2.24) is 0 Å². The zero-order valence-corrected chi connectivity index (χ0v) is 16.7. The van der Waals surface area contributed by atoms with E-state index in [-0.39, 0.29) is 24.2 Å². The molecular formula is C22H33BO3. The van der Waals surface area contributed by atoms with Gasteiger partial charge < -0.3 is 14.4 Å². The molecule has 3 rings (SSSR count). The first kappa shape index (κ1) is 19.7. The van der Waals surface area contributed by atoms with E-state index in [2.05, 4.69) is 33.8 Å². The van der Waals surface area contributed by atoms with Crippen LogP contribution < -0.4 is 0 Å². The lowest BCUT2D eigenvalue weighted by Crippen LogP contribution is -2.41. The fourth-order valence-electron chi connectivity index (χ4n) is 4.10. The van der Waals surface area contributed by atoms with E-state index in [1.165, 1.54) is 32.1 Å². The normalized spacial score (nSPS) is 25.5. The molecule has 4 heteroatoms. The molecule has 0 radical (unpaired) electrons. The summed E-state index contributed by atoms with van der Waals surface area (Å²) in [6.07, 6.45) is 7.85. The van der Waals surface area contributed by atoms with E-state index >= 15 is 0 Å². The lowest BCUT2D eigenvalue weighted by atomic mass is 9.74. The van der Waals surface area contributed by atoms with E-state index < -0.39 is 6.10 Å². The summed E-state index contributed by atoms with van der Waals surface area (Å²) in [7, 11) is -0.353. The Hall–Kier alpha value is -1.10. The standard InChI is InChI=1S/C22H33BO3/c1-21(2)22(3,4)26-23(25-21)16-15-19(17-11-7-5-8-12-17)20(24)18-13-9-6-10-14-18/h6,9-10,13-17,19-20,24H,5,7-8,11-12H2,1-4H3/b16-15+/t19-,20-/m0/s1. The van der Waals surface area contributed by atoms with Gasteiger partial charge in [0.1, 0.15) is 0 Å². The summed E-state index contributed by atoms with van der Waals surface area (Å²) in [5.74, 6) is 2.62. The molecule has 1 N–H and O–H groups in total. The average Bonchev–Trinajstić information content (AvgIpc) is 2.83. The Morgan fingerprint density at radius 2 is 1.58 bits per heavy atom. The van der Waals surface area contributed by atoms with Crippen molar-refractivity contribution in [2.45, 2.75) is 77.1 Å². The third kappa shape index (κ3) is 4.24. The van der Waals surface area contributed by atoms with Gasteiger partial charge in [-0.2, -0.15) is 0 Å². The molecule has 1 aromatic rings. The molecule has 1 heterocycles. The maximum atomic E-state index is 11.1. The van der Waals surface area contributed by atoms with Crippen molar-refractivity contribution in [2.75, 3.05) is 0 Å². The van der Waals surface area contributed by atoms with Gasteiger partial charge in [-0.3, -0.25) is 0 Å². The molecule has 1 saturated carbocycles. The number of hydrogen-bond donors (Lipinski definition) is 1. The molecule has 2 aliphatic rings. The van der Waals surface area contributed by atoms with Crippen LogP contribution in [-0.2, 0) is 9.31 Å². The Kier molecular flexibility index (Phi) is 5.96. The van der Waals surface area contributed by atoms with E-state index in [1.54, 1.807) is 0 Å². The van der Waals surface area contributed by atoms with Gasteiger partial charge in [0.05, 0.1) is 17.3 Å². The smallest absolute Gasteiger partial charge is 0.400 e. The molecular weight excluding hydrogens is 323 g/mol. The second-order valence-electron chi connectivity index (χ2n) is 8.84. The largest absolute Gasteiger partial charge is 0.486 e. The Morgan fingerprint density at radius 3 is 2.15 bits per heavy atom. The van der Waals surface area contributed by atoms with Gasteiger partial charge in [0.15, 0.2) is 0 Å². The summed E-state index contributed by atoms with van der Waals surface area (Å²) in [4.78, 5) is 0. The molecule has 2 atom stereocenters. The van der Waals surface area contributed by atoms with Crippen LogP contribution >= 0.6 is 0 Å². The minimum absolute atomic E-state index is 0.0942. The maximum Gasteiger partial charge on any atom is 0.486 e. The van der Waals surface area contributed by atoms with Crippen LogP contribution in [0.4, 0.5) is 0 Å². The highest BCUT2D eigenvalue weighted by Crippen LogP contribution is 2.40. The van der Waals surface area contributed by atoms with Crippen LogP contribution in [0.5, 0.6) is 0 Å². The highest BCUT2D eigenvalue weighted by Gasteiger charge is 2.50. The van der Waals surface area contributed by atoms with Crippen molar-refractivity contribution in [3.05, 3.63) is 47.9 Å². The van der Waals surface area contributed by atoms with Crippen molar-refractivity contribution in [1.29, 1.82) is 0 Å². The molecule has 142 valence electrons. The Bertz CT molecular complexity index is 589. The average molecular weight is 356 g/mol. The summed E-state index contributed by atoms with van der Waals surface area (Å²) in [6, 6.07) is 10.0. The molecule has 0 amide bonds. The SMILES string of the molecule is CC1(C)OB(/C=C/[C@@H](C2CCCCC2)[C@@H](O)c2ccccc2)OC1(C)C. The Balaban J connectivity index is 1.78. The topological polar surface area (TPSA) is 38.7 Å². The van der Waals surface area contributed by atoms with Gasteiger partial charge in [0, 0.05) is 5.92 Å². The zero-order chi connectivity index (χ0) is 18.8. The Labute approximate surface area is 158 Å². The van der Waals surface area contributed by atoms with Gasteiger partial charge in [-0.15, -0.1) is 0 Å². The van der Waals surface area contributed by atoms with Crippen molar-refractivity contribution < 1.29 is 14.4 Å². The summed E-state index contributed by atoms with van der Waals surface area (Å²) >= 11 is 0. The summed E-state index contributed by atoms with van der Waals surface area (Å²) < 4.78 is 12.2. The fourth-order valence-corrected chi connectivity index (χ4v) is 4.10. The van der Waals surface area contributed by atoms with E-state index in [9.17, 15) is 5.11 Å². The van der Waals surface area contributed by atoms with Crippen LogP contribution in [0, 0.1) is 11.8 Å². The van der Waals surface area contributed by atoms with Gasteiger partial charge in [0.2, 0.25) is 0 Å². The van der Waals surface area contributed by atoms with Gasteiger partial charge in [-0.05, 0) is 52.0 Å². The predicted molar refractivity (Wildman–Crippen MR) is 107 cm³/mol. The molecule has 1 aliphatic carbocycles.